The lowest BCUT2D eigenvalue weighted by Gasteiger charge is -2.08. The van der Waals surface area contributed by atoms with E-state index in [0.29, 0.717) is 0 Å². The molecule has 0 aliphatic carbocycles. The summed E-state index contributed by atoms with van der Waals surface area (Å²) < 4.78 is 2.06. The number of thiazole rings is 1. The van der Waals surface area contributed by atoms with E-state index in [2.05, 4.69) is 32.3 Å². The fourth-order valence-electron chi connectivity index (χ4n) is 2.84. The minimum atomic E-state index is -0.426. The second-order valence-corrected chi connectivity index (χ2v) is 6.97. The van der Waals surface area contributed by atoms with E-state index >= 15 is 0 Å². The highest BCUT2D eigenvalue weighted by molar-refractivity contribution is 7.07. The van der Waals surface area contributed by atoms with Crippen LogP contribution in [-0.4, -0.2) is 15.7 Å². The number of nitrogens with zero attached hydrogens (tertiary/aromatic N) is 4. The normalized spacial score (nSPS) is 11.8. The fraction of sp³-hybridized carbons (Fsp3) is 0. The summed E-state index contributed by atoms with van der Waals surface area (Å²) in [5.41, 5.74) is 3.91. The van der Waals surface area contributed by atoms with Gasteiger partial charge in [0.15, 0.2) is 0 Å². The predicted molar refractivity (Wildman–Crippen MR) is 115 cm³/mol. The Hall–Kier alpha value is -3.84. The zero-order valence-electron chi connectivity index (χ0n) is 15.3. The number of hydrogen-bond acceptors (Lipinski definition) is 5. The molecule has 4 aromatic rings. The van der Waals surface area contributed by atoms with Gasteiger partial charge in [0.25, 0.3) is 5.69 Å². The lowest BCUT2D eigenvalue weighted by Crippen LogP contribution is -2.13. The van der Waals surface area contributed by atoms with Gasteiger partial charge >= 0.3 is 0 Å². The van der Waals surface area contributed by atoms with Gasteiger partial charge in [0.05, 0.1) is 16.8 Å². The van der Waals surface area contributed by atoms with Crippen molar-refractivity contribution >= 4 is 23.2 Å². The zero-order chi connectivity index (χ0) is 20.1. The predicted octanol–water partition coefficient (Wildman–Crippen LogP) is 5.05. The quantitative estimate of drug-likeness (QED) is 0.267. The minimum Gasteiger partial charge on any atom is -0.284 e. The van der Waals surface area contributed by atoms with Crippen LogP contribution in [-0.2, 0) is 0 Å². The van der Waals surface area contributed by atoms with Crippen LogP contribution in [0.5, 0.6) is 0 Å². The molecule has 0 fully saturated rings. The fourth-order valence-corrected chi connectivity index (χ4v) is 3.71. The first-order valence-corrected chi connectivity index (χ1v) is 9.73. The summed E-state index contributed by atoms with van der Waals surface area (Å²) in [6.45, 7) is 0. The van der Waals surface area contributed by atoms with E-state index in [1.165, 1.54) is 23.5 Å². The third kappa shape index (κ3) is 4.20. The molecule has 0 saturated carbocycles. The van der Waals surface area contributed by atoms with Crippen molar-refractivity contribution in [1.82, 2.24) is 4.57 Å². The smallest absolute Gasteiger partial charge is 0.269 e. The van der Waals surface area contributed by atoms with Crippen LogP contribution in [0.1, 0.15) is 5.56 Å². The van der Waals surface area contributed by atoms with Gasteiger partial charge in [-0.15, -0.1) is 16.4 Å². The molecule has 0 atom stereocenters. The summed E-state index contributed by atoms with van der Waals surface area (Å²) in [5.74, 6) is 0. The summed E-state index contributed by atoms with van der Waals surface area (Å²) in [6.07, 6.45) is 1.58. The second kappa shape index (κ2) is 8.45. The highest BCUT2D eigenvalue weighted by Gasteiger charge is 2.09. The molecule has 142 valence electrons. The number of non-ortho nitro benzene ring substituents is 1. The van der Waals surface area contributed by atoms with Gasteiger partial charge < -0.3 is 0 Å². The van der Waals surface area contributed by atoms with E-state index in [1.54, 1.807) is 18.3 Å². The number of nitro benzene ring substituents is 1. The van der Waals surface area contributed by atoms with E-state index < -0.39 is 4.92 Å². The van der Waals surface area contributed by atoms with E-state index in [0.717, 1.165) is 27.3 Å². The van der Waals surface area contributed by atoms with Gasteiger partial charge in [0.2, 0.25) is 4.80 Å². The lowest BCUT2D eigenvalue weighted by atomic mass is 10.1. The topological polar surface area (TPSA) is 72.8 Å². The molecular weight excluding hydrogens is 384 g/mol. The summed E-state index contributed by atoms with van der Waals surface area (Å²) in [7, 11) is 0. The van der Waals surface area contributed by atoms with Crippen molar-refractivity contribution in [2.24, 2.45) is 10.2 Å². The average molecular weight is 400 g/mol. The van der Waals surface area contributed by atoms with Crippen LogP contribution in [0.25, 0.3) is 16.9 Å². The second-order valence-electron chi connectivity index (χ2n) is 6.13. The SMILES string of the molecule is O=[N+]([O-])c1ccc(/C=N/N=c2\scc(-c3ccccc3)n2-c2ccccc2)cc1. The number of rotatable bonds is 5. The Balaban J connectivity index is 1.73. The van der Waals surface area contributed by atoms with Crippen molar-refractivity contribution in [1.29, 1.82) is 0 Å². The molecular formula is C22H16N4O2S. The molecule has 0 saturated heterocycles. The highest BCUT2D eigenvalue weighted by Crippen LogP contribution is 2.23. The molecule has 29 heavy (non-hydrogen) atoms. The van der Waals surface area contributed by atoms with Gasteiger partial charge in [-0.05, 0) is 35.4 Å². The maximum absolute atomic E-state index is 10.8. The van der Waals surface area contributed by atoms with Crippen molar-refractivity contribution in [3.05, 3.63) is 111 Å². The van der Waals surface area contributed by atoms with Crippen molar-refractivity contribution < 1.29 is 4.92 Å². The molecule has 0 aliphatic rings. The Bertz CT molecular complexity index is 1210. The van der Waals surface area contributed by atoms with Gasteiger partial charge in [0, 0.05) is 23.2 Å². The molecule has 0 bridgehead atoms. The van der Waals surface area contributed by atoms with Crippen LogP contribution in [0.2, 0.25) is 0 Å². The Labute approximate surface area is 170 Å². The zero-order valence-corrected chi connectivity index (χ0v) is 16.1. The lowest BCUT2D eigenvalue weighted by molar-refractivity contribution is -0.384. The average Bonchev–Trinajstić information content (AvgIpc) is 3.19. The molecule has 0 unspecified atom stereocenters. The first kappa shape index (κ1) is 18.5. The molecule has 6 nitrogen and oxygen atoms in total. The Morgan fingerprint density at radius 2 is 1.55 bits per heavy atom. The Morgan fingerprint density at radius 3 is 2.21 bits per heavy atom. The maximum atomic E-state index is 10.8. The van der Waals surface area contributed by atoms with Crippen LogP contribution < -0.4 is 4.80 Å². The van der Waals surface area contributed by atoms with E-state index in [-0.39, 0.29) is 5.69 Å². The summed E-state index contributed by atoms with van der Waals surface area (Å²) in [5, 5.41) is 21.4. The highest BCUT2D eigenvalue weighted by atomic mass is 32.1. The number of nitro groups is 1. The van der Waals surface area contributed by atoms with Gasteiger partial charge in [0.1, 0.15) is 0 Å². The first-order valence-electron chi connectivity index (χ1n) is 8.85. The monoisotopic (exact) mass is 400 g/mol. The molecule has 0 aliphatic heterocycles. The van der Waals surface area contributed by atoms with Crippen molar-refractivity contribution in [2.75, 3.05) is 0 Å². The molecule has 0 N–H and O–H groups in total. The molecule has 4 rings (SSSR count). The summed E-state index contributed by atoms with van der Waals surface area (Å²) in [4.78, 5) is 11.1. The Kier molecular flexibility index (Phi) is 5.40. The first-order chi connectivity index (χ1) is 14.2. The molecule has 3 aromatic carbocycles. The summed E-state index contributed by atoms with van der Waals surface area (Å²) in [6, 6.07) is 26.3. The van der Waals surface area contributed by atoms with Crippen molar-refractivity contribution in [3.8, 4) is 16.9 Å². The molecule has 1 heterocycles. The number of aromatic nitrogens is 1. The largest absolute Gasteiger partial charge is 0.284 e. The van der Waals surface area contributed by atoms with E-state index in [4.69, 9.17) is 0 Å². The van der Waals surface area contributed by atoms with E-state index in [9.17, 15) is 10.1 Å². The molecule has 0 radical (unpaired) electrons. The molecule has 0 amide bonds. The van der Waals surface area contributed by atoms with Crippen molar-refractivity contribution in [2.45, 2.75) is 0 Å². The van der Waals surface area contributed by atoms with Gasteiger partial charge in [-0.1, -0.05) is 48.5 Å². The Morgan fingerprint density at radius 1 is 0.897 bits per heavy atom. The maximum Gasteiger partial charge on any atom is 0.269 e. The van der Waals surface area contributed by atoms with Crippen LogP contribution >= 0.6 is 11.3 Å². The van der Waals surface area contributed by atoms with Crippen LogP contribution in [0.3, 0.4) is 0 Å². The van der Waals surface area contributed by atoms with Crippen LogP contribution in [0.15, 0.2) is 101 Å². The van der Waals surface area contributed by atoms with Crippen LogP contribution in [0, 0.1) is 10.1 Å². The van der Waals surface area contributed by atoms with Gasteiger partial charge in [-0.2, -0.15) is 5.10 Å². The molecule has 7 heteroatoms. The molecule has 0 spiro atoms. The minimum absolute atomic E-state index is 0.0479. The standard InChI is InChI=1S/C22H16N4O2S/c27-26(28)20-13-11-17(12-14-20)15-23-24-22-25(19-9-5-2-6-10-19)21(16-29-22)18-7-3-1-4-8-18/h1-16H/b23-15+,24-22-. The van der Waals surface area contributed by atoms with Gasteiger partial charge in [-0.25, -0.2) is 0 Å². The number of para-hydroxylation sites is 1. The van der Waals surface area contributed by atoms with E-state index in [1.807, 2.05) is 48.5 Å². The molecule has 1 aromatic heterocycles. The van der Waals surface area contributed by atoms with Crippen molar-refractivity contribution in [3.63, 3.8) is 0 Å². The third-order valence-corrected chi connectivity index (χ3v) is 5.06. The number of hydrogen-bond donors (Lipinski definition) is 0. The third-order valence-electron chi connectivity index (χ3n) is 4.25. The van der Waals surface area contributed by atoms with Crippen LogP contribution in [0.4, 0.5) is 5.69 Å². The van der Waals surface area contributed by atoms with Gasteiger partial charge in [-0.3, -0.25) is 14.7 Å². The summed E-state index contributed by atoms with van der Waals surface area (Å²) >= 11 is 1.50. The number of benzene rings is 3.